The molecule has 5 N–H and O–H groups in total. The number of allylic oxidation sites excluding steroid dienone is 4. The van der Waals surface area contributed by atoms with Gasteiger partial charge in [0.05, 0.1) is 18.8 Å². The minimum Gasteiger partial charge on any atom is -0.394 e. The van der Waals surface area contributed by atoms with E-state index in [9.17, 15) is 25.2 Å². The van der Waals surface area contributed by atoms with Crippen LogP contribution in [-0.2, 0) is 4.79 Å². The van der Waals surface area contributed by atoms with Crippen LogP contribution in [0.4, 0.5) is 0 Å². The number of hydrogen-bond donors (Lipinski definition) is 5. The molecule has 0 spiro atoms. The number of aliphatic hydroxyl groups excluding tert-OH is 4. The van der Waals surface area contributed by atoms with Gasteiger partial charge in [-0.1, -0.05) is 115 Å². The number of hydrogen-bond acceptors (Lipinski definition) is 5. The summed E-state index contributed by atoms with van der Waals surface area (Å²) in [6.45, 7) is 3.88. The van der Waals surface area contributed by atoms with Crippen LogP contribution in [0.2, 0.25) is 0 Å². The highest BCUT2D eigenvalue weighted by atomic mass is 16.3. The Hall–Kier alpha value is -1.21. The third-order valence-corrected chi connectivity index (χ3v) is 7.37. The Morgan fingerprint density at radius 2 is 1.10 bits per heavy atom. The second kappa shape index (κ2) is 28.3. The van der Waals surface area contributed by atoms with Crippen molar-refractivity contribution in [3.05, 3.63) is 24.3 Å². The summed E-state index contributed by atoms with van der Waals surface area (Å²) in [6.07, 6.45) is 28.0. The fourth-order valence-corrected chi connectivity index (χ4v) is 4.70. The Bertz CT molecular complexity index is 595. The minimum atomic E-state index is -1.28. The number of carbonyl (C=O) groups is 1. The quantitative estimate of drug-likeness (QED) is 0.0535. The maximum absolute atomic E-state index is 12.3. The average molecular weight is 554 g/mol. The highest BCUT2D eigenvalue weighted by Gasteiger charge is 2.28. The Morgan fingerprint density at radius 1 is 0.615 bits per heavy atom. The monoisotopic (exact) mass is 553 g/mol. The van der Waals surface area contributed by atoms with Gasteiger partial charge >= 0.3 is 0 Å². The number of aliphatic hydroxyl groups is 4. The molecule has 4 unspecified atom stereocenters. The zero-order valence-electron chi connectivity index (χ0n) is 25.4. The van der Waals surface area contributed by atoms with Gasteiger partial charge in [-0.15, -0.1) is 0 Å². The standard InChI is InChI=1S/C33H63NO5/c1-3-5-7-9-11-12-13-14-15-16-17-18-19-20-21-23-25-27-31(37)33(39)34-29(28-35)32(38)30(36)26-24-22-10-8-6-4-2/h8,10,17-18,29-32,35-38H,3-7,9,11-16,19-28H2,1-2H3,(H,34,39)/b10-8+,18-17-. The zero-order chi connectivity index (χ0) is 29.0. The predicted octanol–water partition coefficient (Wildman–Crippen LogP) is 6.89. The van der Waals surface area contributed by atoms with Crippen LogP contribution < -0.4 is 5.32 Å². The van der Waals surface area contributed by atoms with Crippen LogP contribution in [0.1, 0.15) is 149 Å². The third-order valence-electron chi connectivity index (χ3n) is 7.37. The molecule has 0 bridgehead atoms. The molecule has 0 saturated carbocycles. The summed E-state index contributed by atoms with van der Waals surface area (Å²) in [5.74, 6) is -0.609. The maximum atomic E-state index is 12.3. The van der Waals surface area contributed by atoms with E-state index in [1.165, 1.54) is 64.2 Å². The molecule has 0 aromatic heterocycles. The summed E-state index contributed by atoms with van der Waals surface area (Å²) in [5, 5.41) is 42.9. The van der Waals surface area contributed by atoms with E-state index in [1.54, 1.807) is 0 Å². The first-order valence-corrected chi connectivity index (χ1v) is 16.2. The lowest BCUT2D eigenvalue weighted by atomic mass is 10.00. The van der Waals surface area contributed by atoms with Crippen LogP contribution in [0.3, 0.4) is 0 Å². The normalized spacial score (nSPS) is 15.1. The summed E-state index contributed by atoms with van der Waals surface area (Å²) < 4.78 is 0. The first-order chi connectivity index (χ1) is 19.0. The van der Waals surface area contributed by atoms with Crippen molar-refractivity contribution in [3.8, 4) is 0 Å². The second-order valence-electron chi connectivity index (χ2n) is 11.1. The lowest BCUT2D eigenvalue weighted by Crippen LogP contribution is -2.53. The summed E-state index contributed by atoms with van der Waals surface area (Å²) in [7, 11) is 0. The molecular weight excluding hydrogens is 490 g/mol. The molecule has 4 atom stereocenters. The first kappa shape index (κ1) is 37.8. The maximum Gasteiger partial charge on any atom is 0.249 e. The van der Waals surface area contributed by atoms with Gasteiger partial charge in [0.25, 0.3) is 0 Å². The molecule has 230 valence electrons. The summed E-state index contributed by atoms with van der Waals surface area (Å²) in [4.78, 5) is 12.3. The molecule has 0 heterocycles. The van der Waals surface area contributed by atoms with Gasteiger partial charge in [-0.25, -0.2) is 0 Å². The molecule has 0 aliphatic heterocycles. The third kappa shape index (κ3) is 23.2. The highest BCUT2D eigenvalue weighted by molar-refractivity contribution is 5.80. The van der Waals surface area contributed by atoms with Crippen LogP contribution in [0.15, 0.2) is 24.3 Å². The molecule has 0 aliphatic rings. The van der Waals surface area contributed by atoms with Crippen LogP contribution in [0.25, 0.3) is 0 Å². The van der Waals surface area contributed by atoms with Gasteiger partial charge in [0, 0.05) is 0 Å². The van der Waals surface area contributed by atoms with Gasteiger partial charge in [0.15, 0.2) is 0 Å². The number of carbonyl (C=O) groups excluding carboxylic acids is 1. The molecule has 0 aliphatic carbocycles. The Morgan fingerprint density at radius 3 is 1.64 bits per heavy atom. The number of unbranched alkanes of at least 4 members (excludes halogenated alkanes) is 15. The molecule has 0 aromatic carbocycles. The molecule has 0 fully saturated rings. The minimum absolute atomic E-state index is 0.348. The first-order valence-electron chi connectivity index (χ1n) is 16.2. The summed E-state index contributed by atoms with van der Waals surface area (Å²) >= 11 is 0. The predicted molar refractivity (Wildman–Crippen MR) is 164 cm³/mol. The lowest BCUT2D eigenvalue weighted by Gasteiger charge is -2.27. The fraction of sp³-hybridized carbons (Fsp3) is 0.848. The molecule has 6 heteroatoms. The average Bonchev–Trinajstić information content (AvgIpc) is 2.94. The van der Waals surface area contributed by atoms with E-state index in [4.69, 9.17) is 0 Å². The van der Waals surface area contributed by atoms with Crippen molar-refractivity contribution in [1.82, 2.24) is 5.32 Å². The SMILES string of the molecule is CCC/C=C/CCCC(O)C(O)C(CO)NC(=O)C(O)CCCCCC/C=C\CCCCCCCCCCC. The van der Waals surface area contributed by atoms with Crippen LogP contribution in [-0.4, -0.2) is 57.3 Å². The Labute approximate surface area is 240 Å². The zero-order valence-corrected chi connectivity index (χ0v) is 25.4. The summed E-state index contributed by atoms with van der Waals surface area (Å²) in [5.41, 5.74) is 0. The van der Waals surface area contributed by atoms with Crippen molar-refractivity contribution >= 4 is 5.91 Å². The van der Waals surface area contributed by atoms with E-state index in [1.807, 2.05) is 0 Å². The molecule has 0 rings (SSSR count). The molecule has 1 amide bonds. The largest absolute Gasteiger partial charge is 0.394 e. The van der Waals surface area contributed by atoms with Gasteiger partial charge in [-0.2, -0.15) is 0 Å². The van der Waals surface area contributed by atoms with Gasteiger partial charge in [0.1, 0.15) is 12.2 Å². The molecule has 39 heavy (non-hydrogen) atoms. The van der Waals surface area contributed by atoms with E-state index in [0.717, 1.165) is 51.4 Å². The van der Waals surface area contributed by atoms with E-state index in [0.29, 0.717) is 19.3 Å². The van der Waals surface area contributed by atoms with Gasteiger partial charge < -0.3 is 25.7 Å². The van der Waals surface area contributed by atoms with E-state index in [-0.39, 0.29) is 0 Å². The van der Waals surface area contributed by atoms with Crippen LogP contribution in [0.5, 0.6) is 0 Å². The molecule has 0 radical (unpaired) electrons. The number of amides is 1. The van der Waals surface area contributed by atoms with Crippen LogP contribution >= 0.6 is 0 Å². The van der Waals surface area contributed by atoms with Crippen molar-refractivity contribution in [2.24, 2.45) is 0 Å². The number of nitrogens with one attached hydrogen (secondary N) is 1. The number of rotatable bonds is 28. The van der Waals surface area contributed by atoms with Crippen molar-refractivity contribution in [2.75, 3.05) is 6.61 Å². The topological polar surface area (TPSA) is 110 Å². The molecule has 6 nitrogen and oxygen atoms in total. The van der Waals surface area contributed by atoms with E-state index < -0.39 is 36.9 Å². The van der Waals surface area contributed by atoms with Crippen LogP contribution in [0, 0.1) is 0 Å². The van der Waals surface area contributed by atoms with Gasteiger partial charge in [0.2, 0.25) is 5.91 Å². The van der Waals surface area contributed by atoms with E-state index in [2.05, 4.69) is 43.5 Å². The Balaban J connectivity index is 3.83. The second-order valence-corrected chi connectivity index (χ2v) is 11.1. The highest BCUT2D eigenvalue weighted by Crippen LogP contribution is 2.13. The van der Waals surface area contributed by atoms with Gasteiger partial charge in [-0.05, 0) is 57.8 Å². The smallest absolute Gasteiger partial charge is 0.249 e. The van der Waals surface area contributed by atoms with Crippen molar-refractivity contribution in [1.29, 1.82) is 0 Å². The van der Waals surface area contributed by atoms with E-state index >= 15 is 0 Å². The molecule has 0 aromatic rings. The Kier molecular flexibility index (Phi) is 27.4. The van der Waals surface area contributed by atoms with Crippen molar-refractivity contribution in [2.45, 2.75) is 173 Å². The van der Waals surface area contributed by atoms with Gasteiger partial charge in [-0.3, -0.25) is 4.79 Å². The van der Waals surface area contributed by atoms with Crippen molar-refractivity contribution in [3.63, 3.8) is 0 Å². The fourth-order valence-electron chi connectivity index (χ4n) is 4.70. The molecular formula is C33H63NO5. The lowest BCUT2D eigenvalue weighted by molar-refractivity contribution is -0.132. The van der Waals surface area contributed by atoms with Crippen molar-refractivity contribution < 1.29 is 25.2 Å². The summed E-state index contributed by atoms with van der Waals surface area (Å²) in [6, 6.07) is -1.000. The molecule has 0 saturated heterocycles.